The largest absolute Gasteiger partial charge is 0.387 e. The summed E-state index contributed by atoms with van der Waals surface area (Å²) in [6, 6.07) is 8.23. The van der Waals surface area contributed by atoms with Crippen molar-refractivity contribution in [3.8, 4) is 0 Å². The van der Waals surface area contributed by atoms with Crippen LogP contribution in [0.2, 0.25) is 0 Å². The average Bonchev–Trinajstić information content (AvgIpc) is 2.78. The van der Waals surface area contributed by atoms with Gasteiger partial charge in [-0.1, -0.05) is 45.0 Å². The average molecular weight is 301 g/mol. The van der Waals surface area contributed by atoms with E-state index in [0.717, 1.165) is 23.4 Å². The molecule has 1 unspecified atom stereocenters. The first kappa shape index (κ1) is 16.7. The lowest BCUT2D eigenvalue weighted by Crippen LogP contribution is -2.21. The summed E-state index contributed by atoms with van der Waals surface area (Å²) in [6.45, 7) is 9.87. The Morgan fingerprint density at radius 3 is 2.36 bits per heavy atom. The van der Waals surface area contributed by atoms with Crippen LogP contribution in [0.3, 0.4) is 0 Å². The highest BCUT2D eigenvalue weighted by molar-refractivity contribution is 5.28. The van der Waals surface area contributed by atoms with E-state index in [0.29, 0.717) is 6.54 Å². The van der Waals surface area contributed by atoms with Gasteiger partial charge in [0.15, 0.2) is 0 Å². The van der Waals surface area contributed by atoms with E-state index in [4.69, 9.17) is 0 Å². The number of rotatable bonds is 5. The molecule has 1 aromatic carbocycles. The van der Waals surface area contributed by atoms with Crippen molar-refractivity contribution in [3.05, 3.63) is 52.8 Å². The third kappa shape index (κ3) is 3.96. The highest BCUT2D eigenvalue weighted by atomic mass is 16.3. The van der Waals surface area contributed by atoms with Gasteiger partial charge in [0.2, 0.25) is 0 Å². The number of aromatic nitrogens is 2. The van der Waals surface area contributed by atoms with Gasteiger partial charge in [0.05, 0.1) is 12.3 Å². The van der Waals surface area contributed by atoms with Crippen LogP contribution in [-0.2, 0) is 19.0 Å². The van der Waals surface area contributed by atoms with Gasteiger partial charge in [0.1, 0.15) is 0 Å². The molecular weight excluding hydrogens is 274 g/mol. The predicted octanol–water partition coefficient (Wildman–Crippen LogP) is 2.85. The molecule has 1 aromatic heterocycles. The molecule has 0 aliphatic rings. The van der Waals surface area contributed by atoms with Gasteiger partial charge in [0, 0.05) is 31.4 Å². The SMILES string of the molecule is Cc1c(CNCC(O)c2ccc(C(C)(C)C)cc2)cnn1C. The first-order valence-electron chi connectivity index (χ1n) is 7.75. The van der Waals surface area contributed by atoms with Crippen molar-refractivity contribution < 1.29 is 5.11 Å². The quantitative estimate of drug-likeness (QED) is 0.893. The van der Waals surface area contributed by atoms with Crippen molar-refractivity contribution in [2.75, 3.05) is 6.54 Å². The monoisotopic (exact) mass is 301 g/mol. The van der Waals surface area contributed by atoms with Crippen molar-refractivity contribution in [1.82, 2.24) is 15.1 Å². The molecule has 0 aliphatic heterocycles. The molecule has 120 valence electrons. The zero-order valence-corrected chi connectivity index (χ0v) is 14.2. The highest BCUT2D eigenvalue weighted by Crippen LogP contribution is 2.23. The van der Waals surface area contributed by atoms with Crippen molar-refractivity contribution in [2.24, 2.45) is 7.05 Å². The molecule has 4 nitrogen and oxygen atoms in total. The second-order valence-electron chi connectivity index (χ2n) is 6.90. The second kappa shape index (κ2) is 6.63. The van der Waals surface area contributed by atoms with Crippen LogP contribution in [0.4, 0.5) is 0 Å². The minimum Gasteiger partial charge on any atom is -0.387 e. The number of aliphatic hydroxyl groups is 1. The van der Waals surface area contributed by atoms with E-state index < -0.39 is 6.10 Å². The number of nitrogens with zero attached hydrogens (tertiary/aromatic N) is 2. The maximum Gasteiger partial charge on any atom is 0.0914 e. The van der Waals surface area contributed by atoms with E-state index in [1.165, 1.54) is 5.56 Å². The fraction of sp³-hybridized carbons (Fsp3) is 0.500. The molecule has 1 atom stereocenters. The molecule has 0 spiro atoms. The predicted molar refractivity (Wildman–Crippen MR) is 89.8 cm³/mol. The molecule has 0 radical (unpaired) electrons. The van der Waals surface area contributed by atoms with Gasteiger partial charge >= 0.3 is 0 Å². The number of nitrogens with one attached hydrogen (secondary N) is 1. The van der Waals surface area contributed by atoms with Crippen LogP contribution in [0, 0.1) is 6.92 Å². The summed E-state index contributed by atoms with van der Waals surface area (Å²) in [5.74, 6) is 0. The molecule has 2 N–H and O–H groups in total. The summed E-state index contributed by atoms with van der Waals surface area (Å²) in [4.78, 5) is 0. The Hall–Kier alpha value is -1.65. The normalized spacial score (nSPS) is 13.4. The Bertz CT molecular complexity index is 608. The van der Waals surface area contributed by atoms with Gasteiger partial charge in [0.25, 0.3) is 0 Å². The summed E-state index contributed by atoms with van der Waals surface area (Å²) in [5.41, 5.74) is 4.68. The van der Waals surface area contributed by atoms with Crippen molar-refractivity contribution in [3.63, 3.8) is 0 Å². The summed E-state index contributed by atoms with van der Waals surface area (Å²) in [7, 11) is 1.93. The number of hydrogen-bond donors (Lipinski definition) is 2. The Morgan fingerprint density at radius 1 is 1.23 bits per heavy atom. The lowest BCUT2D eigenvalue weighted by molar-refractivity contribution is 0.174. The van der Waals surface area contributed by atoms with Gasteiger partial charge in [-0.3, -0.25) is 4.68 Å². The maximum absolute atomic E-state index is 10.3. The first-order valence-corrected chi connectivity index (χ1v) is 7.75. The third-order valence-corrected chi connectivity index (χ3v) is 4.15. The lowest BCUT2D eigenvalue weighted by atomic mass is 9.86. The van der Waals surface area contributed by atoms with E-state index in [2.05, 4.69) is 43.3 Å². The molecule has 0 saturated heterocycles. The number of aliphatic hydroxyl groups excluding tert-OH is 1. The molecular formula is C18H27N3O. The number of benzene rings is 1. The van der Waals surface area contributed by atoms with Gasteiger partial charge in [-0.25, -0.2) is 0 Å². The van der Waals surface area contributed by atoms with Gasteiger partial charge < -0.3 is 10.4 Å². The van der Waals surface area contributed by atoms with Crippen LogP contribution in [0.1, 0.15) is 49.3 Å². The summed E-state index contributed by atoms with van der Waals surface area (Å²) >= 11 is 0. The fourth-order valence-electron chi connectivity index (χ4n) is 2.38. The minimum atomic E-state index is -0.494. The van der Waals surface area contributed by atoms with Crippen LogP contribution in [0.5, 0.6) is 0 Å². The van der Waals surface area contributed by atoms with Crippen LogP contribution in [0.25, 0.3) is 0 Å². The molecule has 0 saturated carbocycles. The van der Waals surface area contributed by atoms with Crippen molar-refractivity contribution >= 4 is 0 Å². The van der Waals surface area contributed by atoms with Crippen LogP contribution in [0.15, 0.2) is 30.5 Å². The molecule has 2 rings (SSSR count). The van der Waals surface area contributed by atoms with E-state index in [1.54, 1.807) is 0 Å². The van der Waals surface area contributed by atoms with Crippen molar-refractivity contribution in [1.29, 1.82) is 0 Å². The zero-order chi connectivity index (χ0) is 16.3. The van der Waals surface area contributed by atoms with Gasteiger partial charge in [-0.05, 0) is 23.5 Å². The molecule has 4 heteroatoms. The van der Waals surface area contributed by atoms with E-state index >= 15 is 0 Å². The number of aryl methyl sites for hydroxylation is 1. The van der Waals surface area contributed by atoms with E-state index in [-0.39, 0.29) is 5.41 Å². The highest BCUT2D eigenvalue weighted by Gasteiger charge is 2.14. The van der Waals surface area contributed by atoms with Gasteiger partial charge in [-0.2, -0.15) is 5.10 Å². The van der Waals surface area contributed by atoms with E-state index in [9.17, 15) is 5.11 Å². The van der Waals surface area contributed by atoms with Crippen LogP contribution in [-0.4, -0.2) is 21.4 Å². The Kier molecular flexibility index (Phi) is 5.04. The molecule has 0 aliphatic carbocycles. The Balaban J connectivity index is 1.89. The summed E-state index contributed by atoms with van der Waals surface area (Å²) < 4.78 is 1.86. The fourth-order valence-corrected chi connectivity index (χ4v) is 2.38. The third-order valence-electron chi connectivity index (χ3n) is 4.15. The van der Waals surface area contributed by atoms with E-state index in [1.807, 2.05) is 37.0 Å². The molecule has 0 bridgehead atoms. The minimum absolute atomic E-state index is 0.138. The summed E-state index contributed by atoms with van der Waals surface area (Å²) in [5, 5.41) is 17.8. The maximum atomic E-state index is 10.3. The lowest BCUT2D eigenvalue weighted by Gasteiger charge is -2.20. The topological polar surface area (TPSA) is 50.1 Å². The first-order chi connectivity index (χ1) is 10.3. The summed E-state index contributed by atoms with van der Waals surface area (Å²) in [6.07, 6.45) is 1.37. The number of hydrogen-bond acceptors (Lipinski definition) is 3. The van der Waals surface area contributed by atoms with Crippen LogP contribution >= 0.6 is 0 Å². The standard InChI is InChI=1S/C18H27N3O/c1-13-15(11-20-21(13)5)10-19-12-17(22)14-6-8-16(9-7-14)18(2,3)4/h6-9,11,17,19,22H,10,12H2,1-5H3. The Labute approximate surface area is 133 Å². The molecule has 1 heterocycles. The molecule has 0 amide bonds. The molecule has 0 fully saturated rings. The van der Waals surface area contributed by atoms with Crippen LogP contribution < -0.4 is 5.32 Å². The Morgan fingerprint density at radius 2 is 1.86 bits per heavy atom. The van der Waals surface area contributed by atoms with Crippen molar-refractivity contribution in [2.45, 2.75) is 45.8 Å². The second-order valence-corrected chi connectivity index (χ2v) is 6.90. The smallest absolute Gasteiger partial charge is 0.0914 e. The molecule has 22 heavy (non-hydrogen) atoms. The molecule has 2 aromatic rings. The van der Waals surface area contributed by atoms with Gasteiger partial charge in [-0.15, -0.1) is 0 Å². The zero-order valence-electron chi connectivity index (χ0n) is 14.2.